The van der Waals surface area contributed by atoms with Crippen LogP contribution in [0.5, 0.6) is 0 Å². The highest BCUT2D eigenvalue weighted by atomic mass is 15.2. The van der Waals surface area contributed by atoms with E-state index in [1.165, 1.54) is 0 Å². The highest BCUT2D eigenvalue weighted by Gasteiger charge is 2.15. The average Bonchev–Trinajstić information content (AvgIpc) is 2.49. The van der Waals surface area contributed by atoms with Crippen LogP contribution >= 0.6 is 0 Å². The van der Waals surface area contributed by atoms with Crippen molar-refractivity contribution >= 4 is 5.69 Å². The Labute approximate surface area is 122 Å². The van der Waals surface area contributed by atoms with Gasteiger partial charge in [-0.05, 0) is 36.8 Å². The molecule has 1 heteroatoms. The van der Waals surface area contributed by atoms with Crippen molar-refractivity contribution in [2.45, 2.75) is 6.92 Å². The molecule has 1 rings (SSSR count). The van der Waals surface area contributed by atoms with Gasteiger partial charge in [0, 0.05) is 11.4 Å². The molecule has 0 aliphatic carbocycles. The molecule has 0 radical (unpaired) electrons. The summed E-state index contributed by atoms with van der Waals surface area (Å²) in [7, 11) is 0. The summed E-state index contributed by atoms with van der Waals surface area (Å²) >= 11 is 0. The molecule has 1 nitrogen and oxygen atoms in total. The number of hydrogen-bond acceptors (Lipinski definition) is 1. The summed E-state index contributed by atoms with van der Waals surface area (Å²) < 4.78 is 0. The van der Waals surface area contributed by atoms with Crippen molar-refractivity contribution in [2.24, 2.45) is 0 Å². The molecule has 0 aromatic heterocycles. The van der Waals surface area contributed by atoms with E-state index in [0.717, 1.165) is 22.7 Å². The molecular weight excluding hydrogens is 242 g/mol. The minimum Gasteiger partial charge on any atom is -0.311 e. The Hall–Kier alpha value is -2.54. The van der Waals surface area contributed by atoms with Crippen LogP contribution in [0, 0.1) is 0 Å². The summed E-state index contributed by atoms with van der Waals surface area (Å²) in [5.41, 5.74) is 3.79. The van der Waals surface area contributed by atoms with Crippen LogP contribution < -0.4 is 4.90 Å². The van der Waals surface area contributed by atoms with E-state index in [1.807, 2.05) is 60.4 Å². The van der Waals surface area contributed by atoms with E-state index in [9.17, 15) is 0 Å². The lowest BCUT2D eigenvalue weighted by Crippen LogP contribution is -2.21. The van der Waals surface area contributed by atoms with E-state index >= 15 is 0 Å². The van der Waals surface area contributed by atoms with Gasteiger partial charge in [-0.3, -0.25) is 0 Å². The minimum atomic E-state index is 0.797. The van der Waals surface area contributed by atoms with Crippen LogP contribution in [0.15, 0.2) is 104 Å². The van der Waals surface area contributed by atoms with E-state index < -0.39 is 0 Å². The second-order valence-electron chi connectivity index (χ2n) is 4.10. The van der Waals surface area contributed by atoms with Crippen molar-refractivity contribution in [3.63, 3.8) is 0 Å². The fraction of sp³-hybridized carbons (Fsp3) is 0.0526. The molecule has 0 aliphatic heterocycles. The molecule has 0 saturated heterocycles. The summed E-state index contributed by atoms with van der Waals surface area (Å²) in [6, 6.07) is 10.0. The van der Waals surface area contributed by atoms with Gasteiger partial charge >= 0.3 is 0 Å². The van der Waals surface area contributed by atoms with Crippen molar-refractivity contribution in [1.29, 1.82) is 0 Å². The molecule has 0 saturated carbocycles. The molecule has 0 atom stereocenters. The molecule has 1 aromatic carbocycles. The summed E-state index contributed by atoms with van der Waals surface area (Å²) in [6.45, 7) is 17.5. The Morgan fingerprint density at radius 2 is 1.70 bits per heavy atom. The molecule has 0 heterocycles. The van der Waals surface area contributed by atoms with Crippen LogP contribution in [0.3, 0.4) is 0 Å². The lowest BCUT2D eigenvalue weighted by Gasteiger charge is -2.28. The average molecular weight is 263 g/mol. The van der Waals surface area contributed by atoms with Gasteiger partial charge in [-0.25, -0.2) is 0 Å². The largest absolute Gasteiger partial charge is 0.311 e. The highest BCUT2D eigenvalue weighted by Crippen LogP contribution is 2.28. The molecule has 0 bridgehead atoms. The molecular formula is C19H21N. The summed E-state index contributed by atoms with van der Waals surface area (Å²) in [5, 5.41) is 0. The molecule has 0 N–H and O–H groups in total. The maximum absolute atomic E-state index is 4.08. The predicted molar refractivity (Wildman–Crippen MR) is 90.5 cm³/mol. The molecule has 1 aromatic rings. The van der Waals surface area contributed by atoms with Gasteiger partial charge in [0.25, 0.3) is 0 Å². The van der Waals surface area contributed by atoms with Gasteiger partial charge in [-0.15, -0.1) is 0 Å². The van der Waals surface area contributed by atoms with Crippen LogP contribution in [0.4, 0.5) is 5.69 Å². The number of para-hydroxylation sites is 1. The van der Waals surface area contributed by atoms with E-state index in [4.69, 9.17) is 0 Å². The molecule has 0 amide bonds. The monoisotopic (exact) mass is 263 g/mol. The normalized spacial score (nSPS) is 11.7. The zero-order chi connectivity index (χ0) is 15.0. The Morgan fingerprint density at radius 1 is 1.05 bits per heavy atom. The molecule has 0 unspecified atom stereocenters. The van der Waals surface area contributed by atoms with Gasteiger partial charge in [0.1, 0.15) is 0 Å². The number of hydrogen-bond donors (Lipinski definition) is 0. The number of anilines is 1. The van der Waals surface area contributed by atoms with Gasteiger partial charge in [-0.1, -0.05) is 62.7 Å². The minimum absolute atomic E-state index is 0.797. The Bertz CT molecular complexity index is 559. The van der Waals surface area contributed by atoms with Gasteiger partial charge in [-0.2, -0.15) is 0 Å². The van der Waals surface area contributed by atoms with Gasteiger partial charge in [0.2, 0.25) is 0 Å². The Kier molecular flexibility index (Phi) is 6.05. The first-order valence-corrected chi connectivity index (χ1v) is 6.48. The van der Waals surface area contributed by atoms with E-state index in [-0.39, 0.29) is 0 Å². The SMILES string of the molecule is C=C/C=C(\C(C=C)=C/C)N(C(=C)C=C)c1ccccc1. The smallest absolute Gasteiger partial charge is 0.0529 e. The van der Waals surface area contributed by atoms with Crippen LogP contribution in [0.2, 0.25) is 0 Å². The molecule has 0 fully saturated rings. The fourth-order valence-electron chi connectivity index (χ4n) is 1.91. The first kappa shape index (κ1) is 15.5. The zero-order valence-electron chi connectivity index (χ0n) is 12.0. The first-order valence-electron chi connectivity index (χ1n) is 6.48. The maximum atomic E-state index is 4.08. The maximum Gasteiger partial charge on any atom is 0.0529 e. The van der Waals surface area contributed by atoms with Gasteiger partial charge in [0.05, 0.1) is 5.70 Å². The van der Waals surface area contributed by atoms with Crippen molar-refractivity contribution in [3.05, 3.63) is 104 Å². The zero-order valence-corrected chi connectivity index (χ0v) is 12.0. The molecule has 0 spiro atoms. The third kappa shape index (κ3) is 3.48. The summed E-state index contributed by atoms with van der Waals surface area (Å²) in [5.74, 6) is 0. The van der Waals surface area contributed by atoms with Crippen LogP contribution in [-0.4, -0.2) is 0 Å². The molecule has 0 aliphatic rings. The number of benzene rings is 1. The highest BCUT2D eigenvalue weighted by molar-refractivity contribution is 5.65. The van der Waals surface area contributed by atoms with Crippen molar-refractivity contribution in [1.82, 2.24) is 0 Å². The summed E-state index contributed by atoms with van der Waals surface area (Å²) in [6.07, 6.45) is 9.27. The first-order chi connectivity index (χ1) is 9.69. The molecule has 102 valence electrons. The predicted octanol–water partition coefficient (Wildman–Crippen LogP) is 5.39. The van der Waals surface area contributed by atoms with Crippen LogP contribution in [-0.2, 0) is 0 Å². The van der Waals surface area contributed by atoms with Crippen molar-refractivity contribution in [3.8, 4) is 0 Å². The van der Waals surface area contributed by atoms with Crippen molar-refractivity contribution in [2.75, 3.05) is 4.90 Å². The fourth-order valence-corrected chi connectivity index (χ4v) is 1.91. The van der Waals surface area contributed by atoms with Gasteiger partial charge in [0.15, 0.2) is 0 Å². The quantitative estimate of drug-likeness (QED) is 0.596. The second kappa shape index (κ2) is 7.80. The topological polar surface area (TPSA) is 3.24 Å². The number of allylic oxidation sites excluding steroid dienone is 5. The van der Waals surface area contributed by atoms with Crippen LogP contribution in [0.1, 0.15) is 6.92 Å². The second-order valence-corrected chi connectivity index (χ2v) is 4.10. The van der Waals surface area contributed by atoms with Crippen molar-refractivity contribution < 1.29 is 0 Å². The summed E-state index contributed by atoms with van der Waals surface area (Å²) in [4.78, 5) is 2.03. The number of rotatable bonds is 7. The Morgan fingerprint density at radius 3 is 2.15 bits per heavy atom. The number of nitrogens with zero attached hydrogens (tertiary/aromatic N) is 1. The third-order valence-electron chi connectivity index (χ3n) is 2.88. The molecule has 20 heavy (non-hydrogen) atoms. The standard InChI is InChI=1S/C19H21N/c1-6-13-19(17(8-3)9-4)20(16(5)7-2)18-14-11-10-12-15-18/h6-15H,1-3,5H2,4H3/b17-9-,19-13+. The lowest BCUT2D eigenvalue weighted by molar-refractivity contribution is 1.13. The van der Waals surface area contributed by atoms with Crippen LogP contribution in [0.25, 0.3) is 0 Å². The lowest BCUT2D eigenvalue weighted by atomic mass is 10.1. The Balaban J connectivity index is 3.45. The third-order valence-corrected chi connectivity index (χ3v) is 2.88. The van der Waals surface area contributed by atoms with E-state index in [1.54, 1.807) is 12.2 Å². The van der Waals surface area contributed by atoms with Gasteiger partial charge < -0.3 is 4.90 Å². The van der Waals surface area contributed by atoms with E-state index in [2.05, 4.69) is 26.3 Å². The van der Waals surface area contributed by atoms with E-state index in [0.29, 0.717) is 0 Å².